The van der Waals surface area contributed by atoms with Gasteiger partial charge in [0.15, 0.2) is 5.82 Å². The van der Waals surface area contributed by atoms with Crippen molar-refractivity contribution in [3.05, 3.63) is 12.3 Å². The van der Waals surface area contributed by atoms with Crippen molar-refractivity contribution in [2.45, 2.75) is 0 Å². The van der Waals surface area contributed by atoms with Crippen molar-refractivity contribution in [1.82, 2.24) is 9.78 Å². The van der Waals surface area contributed by atoms with Gasteiger partial charge in [-0.1, -0.05) is 0 Å². The van der Waals surface area contributed by atoms with E-state index in [1.54, 1.807) is 24.0 Å². The molecule has 0 spiro atoms. The van der Waals surface area contributed by atoms with E-state index in [1.807, 2.05) is 5.48 Å². The summed E-state index contributed by atoms with van der Waals surface area (Å²) in [6.07, 6.45) is 1.73. The van der Waals surface area contributed by atoms with Crippen LogP contribution in [0.4, 0.5) is 5.82 Å². The van der Waals surface area contributed by atoms with Gasteiger partial charge in [0, 0.05) is 19.3 Å². The second-order valence-electron chi connectivity index (χ2n) is 1.55. The molecule has 0 amide bonds. The predicted molar refractivity (Wildman–Crippen MR) is 37.5 cm³/mol. The van der Waals surface area contributed by atoms with Crippen molar-refractivity contribution in [3.8, 4) is 0 Å². The molecule has 2 N–H and O–H groups in total. The van der Waals surface area contributed by atoms with Gasteiger partial charge in [-0.3, -0.25) is 15.4 Å². The average Bonchev–Trinajstić information content (AvgIpc) is 2.37. The summed E-state index contributed by atoms with van der Waals surface area (Å²) in [5, 5.41) is 12.0. The standard InChI is InChI=1S/C4H7N3O.O2S/c1-7-3-2-4(5-7)6-8;1-3-2/h2-3,8H,1H3,(H,5,6);. The molecule has 1 rings (SSSR count). The van der Waals surface area contributed by atoms with E-state index in [9.17, 15) is 0 Å². The van der Waals surface area contributed by atoms with Crippen LogP contribution in [0.1, 0.15) is 0 Å². The fourth-order valence-electron chi connectivity index (χ4n) is 0.475. The Labute approximate surface area is 66.4 Å². The molecule has 0 aliphatic rings. The predicted octanol–water partition coefficient (Wildman–Crippen LogP) is -0.449. The lowest BCUT2D eigenvalue weighted by molar-refractivity contribution is 0.385. The monoisotopic (exact) mass is 177 g/mol. The van der Waals surface area contributed by atoms with Crippen LogP contribution in [0.3, 0.4) is 0 Å². The minimum atomic E-state index is -0.750. The van der Waals surface area contributed by atoms with Crippen LogP contribution in [-0.4, -0.2) is 23.4 Å². The van der Waals surface area contributed by atoms with Gasteiger partial charge in [-0.25, -0.2) is 0 Å². The fraction of sp³-hybridized carbons (Fsp3) is 0.250. The van der Waals surface area contributed by atoms with Gasteiger partial charge in [0.05, 0.1) is 0 Å². The molecule has 1 aromatic rings. The Hall–Kier alpha value is -1.21. The first-order chi connectivity index (χ1) is 5.24. The summed E-state index contributed by atoms with van der Waals surface area (Å²) in [6.45, 7) is 0. The molecule has 0 unspecified atom stereocenters. The van der Waals surface area contributed by atoms with Gasteiger partial charge < -0.3 is 0 Å². The number of anilines is 1. The van der Waals surface area contributed by atoms with Crippen molar-refractivity contribution in [2.75, 3.05) is 5.48 Å². The van der Waals surface area contributed by atoms with Gasteiger partial charge in [-0.2, -0.15) is 13.5 Å². The summed E-state index contributed by atoms with van der Waals surface area (Å²) in [5.41, 5.74) is 1.92. The highest BCUT2D eigenvalue weighted by Gasteiger charge is 1.88. The van der Waals surface area contributed by atoms with E-state index in [-0.39, 0.29) is 0 Å². The van der Waals surface area contributed by atoms with Gasteiger partial charge in [0.2, 0.25) is 0 Å². The largest absolute Gasteiger partial charge is 0.335 e. The third-order valence-electron chi connectivity index (χ3n) is 0.828. The lowest BCUT2D eigenvalue weighted by Gasteiger charge is -1.86. The summed E-state index contributed by atoms with van der Waals surface area (Å²) in [7, 11) is 1.78. The van der Waals surface area contributed by atoms with Crippen LogP contribution in [0.5, 0.6) is 0 Å². The number of hydrogen-bond donors (Lipinski definition) is 2. The highest BCUT2D eigenvalue weighted by Crippen LogP contribution is 1.96. The van der Waals surface area contributed by atoms with Crippen LogP contribution in [0.2, 0.25) is 0 Å². The molecule has 1 aromatic heterocycles. The Bertz CT molecular complexity index is 242. The Morgan fingerprint density at radius 2 is 2.27 bits per heavy atom. The molecule has 0 fully saturated rings. The summed E-state index contributed by atoms with van der Waals surface area (Å²) < 4.78 is 18.2. The zero-order valence-corrected chi connectivity index (χ0v) is 6.54. The summed E-state index contributed by atoms with van der Waals surface area (Å²) >= 11 is -0.750. The number of nitrogens with one attached hydrogen (secondary N) is 1. The van der Waals surface area contributed by atoms with E-state index in [2.05, 4.69) is 5.10 Å². The van der Waals surface area contributed by atoms with Gasteiger partial charge in [0.1, 0.15) is 0 Å². The normalized spacial score (nSPS) is 7.82. The number of rotatable bonds is 1. The van der Waals surface area contributed by atoms with Crippen molar-refractivity contribution in [1.29, 1.82) is 0 Å². The Balaban J connectivity index is 0.000000292. The number of hydrogen-bond acceptors (Lipinski definition) is 5. The molecule has 1 heterocycles. The number of nitrogens with zero attached hydrogens (tertiary/aromatic N) is 2. The Kier molecular flexibility index (Phi) is 4.95. The van der Waals surface area contributed by atoms with Crippen LogP contribution in [0, 0.1) is 0 Å². The van der Waals surface area contributed by atoms with Gasteiger partial charge in [-0.05, 0) is 0 Å². The molecule has 0 aliphatic carbocycles. The van der Waals surface area contributed by atoms with Crippen LogP contribution >= 0.6 is 0 Å². The molecule has 0 bridgehead atoms. The minimum absolute atomic E-state index is 0.465. The van der Waals surface area contributed by atoms with Crippen molar-refractivity contribution in [2.24, 2.45) is 7.05 Å². The highest BCUT2D eigenvalue weighted by atomic mass is 32.1. The molecule has 0 aromatic carbocycles. The average molecular weight is 177 g/mol. The maximum absolute atomic E-state index is 8.29. The topological polar surface area (TPSA) is 84.2 Å². The number of aryl methyl sites for hydroxylation is 1. The summed E-state index contributed by atoms with van der Waals surface area (Å²) in [4.78, 5) is 0. The quantitative estimate of drug-likeness (QED) is 0.567. The summed E-state index contributed by atoms with van der Waals surface area (Å²) in [6, 6.07) is 1.67. The van der Waals surface area contributed by atoms with E-state index in [4.69, 9.17) is 13.6 Å². The molecule has 7 heteroatoms. The number of aromatic nitrogens is 2. The van der Waals surface area contributed by atoms with Gasteiger partial charge in [0.25, 0.3) is 0 Å². The van der Waals surface area contributed by atoms with Crippen molar-refractivity contribution in [3.63, 3.8) is 0 Å². The summed E-state index contributed by atoms with van der Waals surface area (Å²) in [5.74, 6) is 0.465. The SMILES string of the molecule is Cn1ccc(NO)n1.O=S=O. The van der Waals surface area contributed by atoms with Crippen LogP contribution in [0.15, 0.2) is 12.3 Å². The molecule has 62 valence electrons. The molecule has 0 radical (unpaired) electrons. The zero-order chi connectivity index (χ0) is 8.69. The fourth-order valence-corrected chi connectivity index (χ4v) is 0.475. The van der Waals surface area contributed by atoms with E-state index in [0.717, 1.165) is 0 Å². The maximum Gasteiger partial charge on any atom is 0.335 e. The molecular weight excluding hydrogens is 170 g/mol. The second-order valence-corrected chi connectivity index (χ2v) is 1.69. The molecule has 11 heavy (non-hydrogen) atoms. The molecule has 0 saturated heterocycles. The first-order valence-corrected chi connectivity index (χ1v) is 3.22. The van der Waals surface area contributed by atoms with Crippen LogP contribution in [-0.2, 0) is 18.6 Å². The maximum atomic E-state index is 8.29. The minimum Gasteiger partial charge on any atom is -0.290 e. The first-order valence-electron chi connectivity index (χ1n) is 2.56. The third-order valence-corrected chi connectivity index (χ3v) is 0.828. The molecule has 6 nitrogen and oxygen atoms in total. The lowest BCUT2D eigenvalue weighted by atomic mass is 10.7. The van der Waals surface area contributed by atoms with Crippen molar-refractivity contribution >= 4 is 17.4 Å². The zero-order valence-electron chi connectivity index (χ0n) is 5.72. The first kappa shape index (κ1) is 9.79. The van der Waals surface area contributed by atoms with E-state index in [1.165, 1.54) is 0 Å². The van der Waals surface area contributed by atoms with E-state index in [0.29, 0.717) is 5.82 Å². The second kappa shape index (κ2) is 5.57. The van der Waals surface area contributed by atoms with Crippen LogP contribution in [0.25, 0.3) is 0 Å². The molecule has 0 saturated carbocycles. The molecule has 0 aliphatic heterocycles. The Morgan fingerprint density at radius 3 is 2.45 bits per heavy atom. The van der Waals surface area contributed by atoms with E-state index < -0.39 is 11.6 Å². The van der Waals surface area contributed by atoms with Gasteiger partial charge in [-0.15, -0.1) is 0 Å². The van der Waals surface area contributed by atoms with Crippen molar-refractivity contribution < 1.29 is 13.6 Å². The van der Waals surface area contributed by atoms with Crippen LogP contribution < -0.4 is 5.48 Å². The Morgan fingerprint density at radius 1 is 1.73 bits per heavy atom. The van der Waals surface area contributed by atoms with E-state index >= 15 is 0 Å². The molecule has 0 atom stereocenters. The molecular formula is C4H7N3O3S. The van der Waals surface area contributed by atoms with Gasteiger partial charge >= 0.3 is 11.6 Å². The lowest BCUT2D eigenvalue weighted by Crippen LogP contribution is -1.92. The third kappa shape index (κ3) is 4.23. The smallest absolute Gasteiger partial charge is 0.290 e. The highest BCUT2D eigenvalue weighted by molar-refractivity contribution is 7.51.